The van der Waals surface area contributed by atoms with Crippen LogP contribution >= 0.6 is 0 Å². The molecule has 0 aliphatic heterocycles. The van der Waals surface area contributed by atoms with Crippen LogP contribution in [0.25, 0.3) is 0 Å². The average Bonchev–Trinajstić information content (AvgIpc) is 2.43. The molecular weight excluding hydrogens is 271 g/mol. The first kappa shape index (κ1) is 23.7. The summed E-state index contributed by atoms with van der Waals surface area (Å²) >= 11 is 0. The molecule has 0 heterocycles. The summed E-state index contributed by atoms with van der Waals surface area (Å²) in [5.41, 5.74) is 0. The van der Waals surface area contributed by atoms with Gasteiger partial charge in [0.05, 0.1) is 0 Å². The van der Waals surface area contributed by atoms with Crippen molar-refractivity contribution in [2.45, 2.75) is 110 Å². The molecule has 0 aromatic heterocycles. The number of hydrogen-bond donors (Lipinski definition) is 1. The molecule has 0 amide bonds. The molecule has 2 nitrogen and oxygen atoms in total. The fraction of sp³-hybridized carbons (Fsp3) is 0.944. The molecule has 0 fully saturated rings. The Kier molecular flexibility index (Phi) is 23.1. The molecular formula is C18H36NaO2. The van der Waals surface area contributed by atoms with Crippen LogP contribution in [0.4, 0.5) is 0 Å². The van der Waals surface area contributed by atoms with Gasteiger partial charge in [0.1, 0.15) is 0 Å². The molecule has 3 heteroatoms. The molecule has 1 radical (unpaired) electrons. The van der Waals surface area contributed by atoms with Gasteiger partial charge in [-0.3, -0.25) is 4.79 Å². The fourth-order valence-electron chi connectivity index (χ4n) is 2.65. The van der Waals surface area contributed by atoms with E-state index in [0.29, 0.717) is 6.42 Å². The van der Waals surface area contributed by atoms with Gasteiger partial charge in [-0.1, -0.05) is 96.8 Å². The predicted molar refractivity (Wildman–Crippen MR) is 92.9 cm³/mol. The minimum atomic E-state index is -0.653. The summed E-state index contributed by atoms with van der Waals surface area (Å²) in [6.07, 6.45) is 20.2. The van der Waals surface area contributed by atoms with E-state index in [0.717, 1.165) is 12.8 Å². The van der Waals surface area contributed by atoms with E-state index < -0.39 is 5.97 Å². The molecule has 0 aromatic rings. The van der Waals surface area contributed by atoms with Crippen molar-refractivity contribution in [1.29, 1.82) is 0 Å². The minimum absolute atomic E-state index is 0. The van der Waals surface area contributed by atoms with Gasteiger partial charge in [-0.15, -0.1) is 0 Å². The van der Waals surface area contributed by atoms with E-state index >= 15 is 0 Å². The third kappa shape index (κ3) is 22.9. The third-order valence-electron chi connectivity index (χ3n) is 3.99. The van der Waals surface area contributed by atoms with Crippen LogP contribution < -0.4 is 0 Å². The van der Waals surface area contributed by atoms with Gasteiger partial charge < -0.3 is 5.11 Å². The van der Waals surface area contributed by atoms with Crippen LogP contribution in [-0.2, 0) is 4.79 Å². The van der Waals surface area contributed by atoms with Crippen LogP contribution in [0, 0.1) is 0 Å². The van der Waals surface area contributed by atoms with E-state index in [1.54, 1.807) is 0 Å². The molecule has 0 aromatic carbocycles. The number of carboxylic acids is 1. The number of aliphatic carboxylic acids is 1. The maximum absolute atomic E-state index is 10.3. The van der Waals surface area contributed by atoms with Crippen molar-refractivity contribution in [2.75, 3.05) is 0 Å². The van der Waals surface area contributed by atoms with Gasteiger partial charge in [0.25, 0.3) is 0 Å². The zero-order valence-electron chi connectivity index (χ0n) is 14.7. The van der Waals surface area contributed by atoms with Crippen molar-refractivity contribution in [2.24, 2.45) is 0 Å². The molecule has 0 saturated heterocycles. The zero-order valence-corrected chi connectivity index (χ0v) is 16.7. The van der Waals surface area contributed by atoms with E-state index in [-0.39, 0.29) is 29.6 Å². The summed E-state index contributed by atoms with van der Waals surface area (Å²) in [5, 5.41) is 8.52. The summed E-state index contributed by atoms with van der Waals surface area (Å²) in [4.78, 5) is 10.3. The second-order valence-corrected chi connectivity index (χ2v) is 6.09. The predicted octanol–water partition coefficient (Wildman–Crippen LogP) is 5.95. The summed E-state index contributed by atoms with van der Waals surface area (Å²) < 4.78 is 0. The Morgan fingerprint density at radius 2 is 0.905 bits per heavy atom. The normalized spacial score (nSPS) is 10.3. The number of carboxylic acid groups (broad SMARTS) is 1. The van der Waals surface area contributed by atoms with Crippen molar-refractivity contribution in [3.05, 3.63) is 0 Å². The van der Waals surface area contributed by atoms with Crippen LogP contribution in [0.5, 0.6) is 0 Å². The summed E-state index contributed by atoms with van der Waals surface area (Å²) in [6.45, 7) is 2.27. The third-order valence-corrected chi connectivity index (χ3v) is 3.99. The Hall–Kier alpha value is 0.470. The van der Waals surface area contributed by atoms with Gasteiger partial charge in [-0.05, 0) is 6.42 Å². The SMILES string of the molecule is CCCCCCCCCCCCCCCCCC(=O)O.[Na]. The van der Waals surface area contributed by atoms with Crippen LogP contribution in [0.2, 0.25) is 0 Å². The average molecular weight is 307 g/mol. The second-order valence-electron chi connectivity index (χ2n) is 6.09. The van der Waals surface area contributed by atoms with E-state index in [1.165, 1.54) is 83.5 Å². The largest absolute Gasteiger partial charge is 0.481 e. The molecule has 121 valence electrons. The van der Waals surface area contributed by atoms with Gasteiger partial charge >= 0.3 is 5.97 Å². The van der Waals surface area contributed by atoms with Crippen molar-refractivity contribution >= 4 is 35.5 Å². The van der Waals surface area contributed by atoms with Gasteiger partial charge in [0.15, 0.2) is 0 Å². The molecule has 0 spiro atoms. The molecule has 0 aliphatic rings. The number of hydrogen-bond acceptors (Lipinski definition) is 1. The minimum Gasteiger partial charge on any atom is -0.481 e. The van der Waals surface area contributed by atoms with Crippen LogP contribution in [0.3, 0.4) is 0 Å². The van der Waals surface area contributed by atoms with Crippen molar-refractivity contribution in [3.8, 4) is 0 Å². The van der Waals surface area contributed by atoms with Crippen molar-refractivity contribution in [1.82, 2.24) is 0 Å². The number of carbonyl (C=O) groups is 1. The molecule has 21 heavy (non-hydrogen) atoms. The summed E-state index contributed by atoms with van der Waals surface area (Å²) in [5.74, 6) is -0.653. The Morgan fingerprint density at radius 1 is 0.619 bits per heavy atom. The first-order valence-corrected chi connectivity index (χ1v) is 8.99. The smallest absolute Gasteiger partial charge is 0.303 e. The van der Waals surface area contributed by atoms with Crippen molar-refractivity contribution < 1.29 is 9.90 Å². The monoisotopic (exact) mass is 307 g/mol. The van der Waals surface area contributed by atoms with Gasteiger partial charge in [0, 0.05) is 36.0 Å². The topological polar surface area (TPSA) is 37.3 Å². The fourth-order valence-corrected chi connectivity index (χ4v) is 2.65. The molecule has 0 atom stereocenters. The molecule has 0 rings (SSSR count). The molecule has 0 bridgehead atoms. The maximum Gasteiger partial charge on any atom is 0.303 e. The Labute approximate surface area is 154 Å². The zero-order chi connectivity index (χ0) is 14.9. The maximum atomic E-state index is 10.3. The Bertz CT molecular complexity index is 207. The van der Waals surface area contributed by atoms with E-state index in [2.05, 4.69) is 6.92 Å². The van der Waals surface area contributed by atoms with E-state index in [9.17, 15) is 4.79 Å². The molecule has 0 saturated carbocycles. The second kappa shape index (κ2) is 20.5. The number of unbranched alkanes of at least 4 members (excludes halogenated alkanes) is 14. The molecule has 0 aliphatic carbocycles. The van der Waals surface area contributed by atoms with Crippen LogP contribution in [0.1, 0.15) is 110 Å². The Morgan fingerprint density at radius 3 is 1.19 bits per heavy atom. The standard InChI is InChI=1S/C18H36O2.Na/c1-2-3-4-5-6-7-8-9-10-11-12-13-14-15-16-17-18(19)20;/h2-17H2,1H3,(H,19,20);. The summed E-state index contributed by atoms with van der Waals surface area (Å²) in [7, 11) is 0. The van der Waals surface area contributed by atoms with Crippen LogP contribution in [-0.4, -0.2) is 40.6 Å². The van der Waals surface area contributed by atoms with Crippen molar-refractivity contribution in [3.63, 3.8) is 0 Å². The van der Waals surface area contributed by atoms with E-state index in [1.807, 2.05) is 0 Å². The summed E-state index contributed by atoms with van der Waals surface area (Å²) in [6, 6.07) is 0. The first-order chi connectivity index (χ1) is 9.77. The molecule has 1 N–H and O–H groups in total. The Balaban J connectivity index is 0. The molecule has 0 unspecified atom stereocenters. The van der Waals surface area contributed by atoms with Crippen LogP contribution in [0.15, 0.2) is 0 Å². The van der Waals surface area contributed by atoms with Gasteiger partial charge in [-0.25, -0.2) is 0 Å². The quantitative estimate of drug-likeness (QED) is 0.282. The van der Waals surface area contributed by atoms with Gasteiger partial charge in [-0.2, -0.15) is 0 Å². The van der Waals surface area contributed by atoms with E-state index in [4.69, 9.17) is 5.11 Å². The van der Waals surface area contributed by atoms with Gasteiger partial charge in [0.2, 0.25) is 0 Å². The number of rotatable bonds is 16. The first-order valence-electron chi connectivity index (χ1n) is 8.99.